The van der Waals surface area contributed by atoms with Crippen molar-refractivity contribution in [2.24, 2.45) is 0 Å². The molecule has 0 radical (unpaired) electrons. The first-order valence-corrected chi connectivity index (χ1v) is 9.57. The minimum absolute atomic E-state index is 0.0296. The molecule has 2 N–H and O–H groups in total. The van der Waals surface area contributed by atoms with Gasteiger partial charge in [0.2, 0.25) is 0 Å². The van der Waals surface area contributed by atoms with Crippen LogP contribution in [-0.4, -0.2) is 58.5 Å². The van der Waals surface area contributed by atoms with E-state index in [2.05, 4.69) is 34.2 Å². The standard InChI is InChI=1S/C22H29N3O2/c1-16-20(18(3)26)17(2)23-21(16)22(27)25-14-12-24(13-15-25)11-7-10-19-8-5-4-6-9-19/h4-10,18,23,26H,11-15H2,1-3H3/b10-7+. The topological polar surface area (TPSA) is 59.6 Å². The van der Waals surface area contributed by atoms with Gasteiger partial charge in [-0.05, 0) is 31.9 Å². The molecule has 27 heavy (non-hydrogen) atoms. The zero-order valence-electron chi connectivity index (χ0n) is 16.4. The fraction of sp³-hybridized carbons (Fsp3) is 0.409. The van der Waals surface area contributed by atoms with E-state index in [1.807, 2.05) is 36.9 Å². The predicted octanol–water partition coefficient (Wildman–Crippen LogP) is 3.16. The Hall–Kier alpha value is -2.37. The average Bonchev–Trinajstić information content (AvgIpc) is 2.97. The van der Waals surface area contributed by atoms with E-state index >= 15 is 0 Å². The van der Waals surface area contributed by atoms with Gasteiger partial charge in [0.1, 0.15) is 5.69 Å². The number of nitrogens with one attached hydrogen (secondary N) is 1. The molecule has 3 rings (SSSR count). The zero-order chi connectivity index (χ0) is 19.4. The minimum Gasteiger partial charge on any atom is -0.389 e. The van der Waals surface area contributed by atoms with Crippen molar-refractivity contribution in [3.63, 3.8) is 0 Å². The van der Waals surface area contributed by atoms with Gasteiger partial charge in [-0.3, -0.25) is 9.69 Å². The van der Waals surface area contributed by atoms with Crippen molar-refractivity contribution in [3.05, 3.63) is 64.5 Å². The molecule has 1 atom stereocenters. The minimum atomic E-state index is -0.573. The van der Waals surface area contributed by atoms with E-state index in [0.717, 1.165) is 49.5 Å². The SMILES string of the molecule is Cc1[nH]c(C(=O)N2CCN(C/C=C/c3ccccc3)CC2)c(C)c1C(C)O. The third-order valence-corrected chi connectivity index (χ3v) is 5.26. The van der Waals surface area contributed by atoms with Crippen molar-refractivity contribution in [3.8, 4) is 0 Å². The van der Waals surface area contributed by atoms with Gasteiger partial charge in [0.25, 0.3) is 5.91 Å². The van der Waals surface area contributed by atoms with Crippen LogP contribution in [-0.2, 0) is 0 Å². The predicted molar refractivity (Wildman–Crippen MR) is 109 cm³/mol. The van der Waals surface area contributed by atoms with E-state index in [9.17, 15) is 9.90 Å². The molecule has 1 amide bonds. The summed E-state index contributed by atoms with van der Waals surface area (Å²) >= 11 is 0. The van der Waals surface area contributed by atoms with Gasteiger partial charge in [-0.2, -0.15) is 0 Å². The molecule has 1 aromatic heterocycles. The Balaban J connectivity index is 1.55. The maximum absolute atomic E-state index is 12.9. The molecule has 1 unspecified atom stereocenters. The van der Waals surface area contributed by atoms with Crippen LogP contribution >= 0.6 is 0 Å². The van der Waals surface area contributed by atoms with Crippen LogP contribution in [0.15, 0.2) is 36.4 Å². The van der Waals surface area contributed by atoms with Crippen LogP contribution in [0.4, 0.5) is 0 Å². The quantitative estimate of drug-likeness (QED) is 0.853. The molecular formula is C22H29N3O2. The van der Waals surface area contributed by atoms with E-state index in [0.29, 0.717) is 5.69 Å². The summed E-state index contributed by atoms with van der Waals surface area (Å²) in [6.45, 7) is 9.62. The summed E-state index contributed by atoms with van der Waals surface area (Å²) in [6.07, 6.45) is 3.75. The van der Waals surface area contributed by atoms with Crippen molar-refractivity contribution in [2.45, 2.75) is 26.9 Å². The number of benzene rings is 1. The number of aliphatic hydroxyl groups excluding tert-OH is 1. The lowest BCUT2D eigenvalue weighted by atomic mass is 10.1. The molecule has 0 bridgehead atoms. The van der Waals surface area contributed by atoms with Crippen LogP contribution in [0.2, 0.25) is 0 Å². The molecule has 1 aromatic carbocycles. The molecular weight excluding hydrogens is 338 g/mol. The summed E-state index contributed by atoms with van der Waals surface area (Å²) in [5, 5.41) is 9.93. The second-order valence-electron chi connectivity index (χ2n) is 7.25. The molecule has 0 saturated carbocycles. The molecule has 144 valence electrons. The first-order chi connectivity index (χ1) is 13.0. The molecule has 2 heterocycles. The molecule has 5 nitrogen and oxygen atoms in total. The van der Waals surface area contributed by atoms with Crippen LogP contribution in [0, 0.1) is 13.8 Å². The monoisotopic (exact) mass is 367 g/mol. The number of rotatable bonds is 5. The van der Waals surface area contributed by atoms with Gasteiger partial charge < -0.3 is 15.0 Å². The van der Waals surface area contributed by atoms with E-state index in [1.54, 1.807) is 6.92 Å². The second-order valence-corrected chi connectivity index (χ2v) is 7.25. The van der Waals surface area contributed by atoms with Gasteiger partial charge in [0.15, 0.2) is 0 Å². The molecule has 2 aromatic rings. The molecule has 1 aliphatic heterocycles. The molecule has 1 aliphatic rings. The van der Waals surface area contributed by atoms with Crippen molar-refractivity contribution >= 4 is 12.0 Å². The first-order valence-electron chi connectivity index (χ1n) is 9.57. The lowest BCUT2D eigenvalue weighted by Crippen LogP contribution is -2.48. The van der Waals surface area contributed by atoms with Gasteiger partial charge >= 0.3 is 0 Å². The Kier molecular flexibility index (Phi) is 6.14. The smallest absolute Gasteiger partial charge is 0.270 e. The number of H-pyrrole nitrogens is 1. The summed E-state index contributed by atoms with van der Waals surface area (Å²) in [7, 11) is 0. The normalized spacial score (nSPS) is 16.8. The number of hydrogen-bond donors (Lipinski definition) is 2. The Morgan fingerprint density at radius 2 is 1.85 bits per heavy atom. The van der Waals surface area contributed by atoms with Crippen LogP contribution < -0.4 is 0 Å². The van der Waals surface area contributed by atoms with Crippen molar-refractivity contribution in [1.29, 1.82) is 0 Å². The molecule has 5 heteroatoms. The van der Waals surface area contributed by atoms with Gasteiger partial charge in [0.05, 0.1) is 6.10 Å². The summed E-state index contributed by atoms with van der Waals surface area (Å²) < 4.78 is 0. The van der Waals surface area contributed by atoms with Gasteiger partial charge in [-0.25, -0.2) is 0 Å². The Labute approximate surface area is 161 Å². The van der Waals surface area contributed by atoms with Crippen molar-refractivity contribution in [1.82, 2.24) is 14.8 Å². The van der Waals surface area contributed by atoms with Gasteiger partial charge in [-0.1, -0.05) is 42.5 Å². The highest BCUT2D eigenvalue weighted by Gasteiger charge is 2.26. The number of aromatic nitrogens is 1. The maximum atomic E-state index is 12.9. The van der Waals surface area contributed by atoms with Crippen LogP contribution in [0.3, 0.4) is 0 Å². The second kappa shape index (κ2) is 8.55. The third kappa shape index (κ3) is 4.49. The lowest BCUT2D eigenvalue weighted by molar-refractivity contribution is 0.0644. The highest BCUT2D eigenvalue weighted by atomic mass is 16.3. The highest BCUT2D eigenvalue weighted by molar-refractivity contribution is 5.94. The summed E-state index contributed by atoms with van der Waals surface area (Å²) in [5.74, 6) is 0.0296. The fourth-order valence-electron chi connectivity index (χ4n) is 3.80. The number of amides is 1. The van der Waals surface area contributed by atoms with Crippen LogP contribution in [0.5, 0.6) is 0 Å². The maximum Gasteiger partial charge on any atom is 0.270 e. The molecule has 1 saturated heterocycles. The van der Waals surface area contributed by atoms with Gasteiger partial charge in [0, 0.05) is 44.0 Å². The summed E-state index contributed by atoms with van der Waals surface area (Å²) in [5.41, 5.74) is 4.39. The summed E-state index contributed by atoms with van der Waals surface area (Å²) in [4.78, 5) is 20.3. The Bertz CT molecular complexity index is 800. The van der Waals surface area contributed by atoms with Crippen molar-refractivity contribution < 1.29 is 9.90 Å². The zero-order valence-corrected chi connectivity index (χ0v) is 16.4. The number of piperazine rings is 1. The number of carbonyl (C=O) groups excluding carboxylic acids is 1. The Morgan fingerprint density at radius 1 is 1.19 bits per heavy atom. The molecule has 0 spiro atoms. The number of nitrogens with zero attached hydrogens (tertiary/aromatic N) is 2. The van der Waals surface area contributed by atoms with E-state index in [1.165, 1.54) is 5.56 Å². The van der Waals surface area contributed by atoms with Crippen LogP contribution in [0.1, 0.15) is 45.9 Å². The Morgan fingerprint density at radius 3 is 2.44 bits per heavy atom. The average molecular weight is 367 g/mol. The number of aryl methyl sites for hydroxylation is 1. The lowest BCUT2D eigenvalue weighted by Gasteiger charge is -2.34. The van der Waals surface area contributed by atoms with E-state index in [4.69, 9.17) is 0 Å². The number of aliphatic hydroxyl groups is 1. The van der Waals surface area contributed by atoms with Gasteiger partial charge in [-0.15, -0.1) is 0 Å². The molecule has 1 fully saturated rings. The number of hydrogen-bond acceptors (Lipinski definition) is 3. The van der Waals surface area contributed by atoms with E-state index < -0.39 is 6.10 Å². The van der Waals surface area contributed by atoms with Crippen molar-refractivity contribution in [2.75, 3.05) is 32.7 Å². The summed E-state index contributed by atoms with van der Waals surface area (Å²) in [6, 6.07) is 10.3. The number of carbonyl (C=O) groups is 1. The first kappa shape index (κ1) is 19.4. The number of aromatic amines is 1. The highest BCUT2D eigenvalue weighted by Crippen LogP contribution is 2.25. The van der Waals surface area contributed by atoms with E-state index in [-0.39, 0.29) is 5.91 Å². The largest absolute Gasteiger partial charge is 0.389 e. The van der Waals surface area contributed by atoms with Crippen LogP contribution in [0.25, 0.3) is 6.08 Å². The fourth-order valence-corrected chi connectivity index (χ4v) is 3.80. The molecule has 0 aliphatic carbocycles. The third-order valence-electron chi connectivity index (χ3n) is 5.26.